The van der Waals surface area contributed by atoms with Crippen LogP contribution in [0.4, 0.5) is 0 Å². The number of hydrogen-bond donors (Lipinski definition) is 0. The Hall–Kier alpha value is -0.630. The number of aldehydes is 1. The molecule has 0 saturated carbocycles. The average molecular weight is 127 g/mol. The van der Waals surface area contributed by atoms with Gasteiger partial charge in [0.1, 0.15) is 11.6 Å². The van der Waals surface area contributed by atoms with Crippen LogP contribution in [-0.2, 0) is 6.26 Å². The van der Waals surface area contributed by atoms with Crippen LogP contribution >= 0.6 is 10.5 Å². The van der Waals surface area contributed by atoms with Gasteiger partial charge in [-0.1, -0.05) is 0 Å². The van der Waals surface area contributed by atoms with E-state index >= 15 is 0 Å². The van der Waals surface area contributed by atoms with Crippen molar-refractivity contribution in [2.45, 2.75) is 0 Å². The van der Waals surface area contributed by atoms with Gasteiger partial charge in [-0.3, -0.25) is 4.79 Å². The highest BCUT2D eigenvalue weighted by molar-refractivity contribution is 7.29. The maximum atomic E-state index is 10.1. The molecule has 0 amide bonds. The molecular weight excluding hydrogens is 120 g/mol. The zero-order valence-electron chi connectivity index (χ0n) is 4.63. The summed E-state index contributed by atoms with van der Waals surface area (Å²) in [5, 5.41) is 2.03. The van der Waals surface area contributed by atoms with Crippen LogP contribution in [0.5, 0.6) is 0 Å². The number of aryl methyl sites for hydroxylation is 1. The van der Waals surface area contributed by atoms with Crippen LogP contribution in [0.2, 0.25) is 0 Å². The summed E-state index contributed by atoms with van der Waals surface area (Å²) in [6.07, 6.45) is 2.95. The van der Waals surface area contributed by atoms with Crippen molar-refractivity contribution in [1.29, 1.82) is 0 Å². The number of hydrogen-bond acceptors (Lipinski definition) is 1. The Labute approximate surface area is 50.9 Å². The van der Waals surface area contributed by atoms with Crippen LogP contribution < -0.4 is 0 Å². The van der Waals surface area contributed by atoms with Crippen molar-refractivity contribution < 1.29 is 4.79 Å². The Morgan fingerprint density at radius 3 is 2.75 bits per heavy atom. The van der Waals surface area contributed by atoms with Crippen LogP contribution in [0.15, 0.2) is 17.5 Å². The molecule has 42 valence electrons. The summed E-state index contributed by atoms with van der Waals surface area (Å²) in [6.45, 7) is 0. The summed E-state index contributed by atoms with van der Waals surface area (Å²) in [4.78, 5) is 11.0. The van der Waals surface area contributed by atoms with Crippen molar-refractivity contribution >= 4 is 16.8 Å². The lowest BCUT2D eigenvalue weighted by Gasteiger charge is -1.70. The van der Waals surface area contributed by atoms with E-state index in [2.05, 4.69) is 0 Å². The fraction of sp³-hybridized carbons (Fsp3) is 0.167. The molecule has 0 fully saturated rings. The van der Waals surface area contributed by atoms with E-state index < -0.39 is 0 Å². The van der Waals surface area contributed by atoms with Gasteiger partial charge in [-0.2, -0.15) is 0 Å². The van der Waals surface area contributed by atoms with Crippen molar-refractivity contribution in [3.05, 3.63) is 22.4 Å². The molecule has 0 aliphatic heterocycles. The number of rotatable bonds is 1. The van der Waals surface area contributed by atoms with Crippen molar-refractivity contribution in [1.82, 2.24) is 0 Å². The second-order valence-electron chi connectivity index (χ2n) is 1.57. The molecule has 0 aromatic carbocycles. The standard InChI is InChI=1S/C6H7OS/c1-8-4-2-3-6(8)5-7/h2-5H,1H3/q+1. The van der Waals surface area contributed by atoms with Crippen LogP contribution in [0.1, 0.15) is 9.67 Å². The third kappa shape index (κ3) is 0.793. The molecule has 8 heavy (non-hydrogen) atoms. The first-order valence-electron chi connectivity index (χ1n) is 2.33. The van der Waals surface area contributed by atoms with E-state index in [1.165, 1.54) is 0 Å². The third-order valence-electron chi connectivity index (χ3n) is 1.03. The molecule has 0 aliphatic rings. The predicted octanol–water partition coefficient (Wildman–Crippen LogP) is 1.79. The molecule has 0 spiro atoms. The van der Waals surface area contributed by atoms with Gasteiger partial charge < -0.3 is 0 Å². The van der Waals surface area contributed by atoms with Crippen molar-refractivity contribution in [2.75, 3.05) is 0 Å². The quantitative estimate of drug-likeness (QED) is 0.415. The van der Waals surface area contributed by atoms with Crippen molar-refractivity contribution in [3.63, 3.8) is 0 Å². The normalized spacial score (nSPS) is 11.4. The van der Waals surface area contributed by atoms with Gasteiger partial charge in [-0.25, -0.2) is 0 Å². The Morgan fingerprint density at radius 2 is 2.50 bits per heavy atom. The number of thiophene rings is 1. The minimum atomic E-state index is 0.102. The molecule has 1 rings (SSSR count). The van der Waals surface area contributed by atoms with Gasteiger partial charge in [0.2, 0.25) is 11.2 Å². The highest BCUT2D eigenvalue weighted by Gasteiger charge is 2.02. The maximum absolute atomic E-state index is 10.1. The Morgan fingerprint density at radius 1 is 1.75 bits per heavy atom. The van der Waals surface area contributed by atoms with Crippen LogP contribution in [-0.4, -0.2) is 6.29 Å². The molecular formula is C6H7OS+. The first kappa shape index (κ1) is 5.51. The lowest BCUT2D eigenvalue weighted by molar-refractivity contribution is 0.112. The molecule has 1 nitrogen and oxygen atoms in total. The van der Waals surface area contributed by atoms with E-state index in [-0.39, 0.29) is 10.5 Å². The largest absolute Gasteiger partial charge is 0.293 e. The topological polar surface area (TPSA) is 17.1 Å². The molecule has 1 aromatic rings. The highest BCUT2D eigenvalue weighted by atomic mass is 32.2. The third-order valence-corrected chi connectivity index (χ3v) is 2.57. The first-order chi connectivity index (χ1) is 3.84. The summed E-state index contributed by atoms with van der Waals surface area (Å²) in [7, 11) is 0.102. The van der Waals surface area contributed by atoms with Gasteiger partial charge in [0, 0.05) is 6.07 Å². The molecule has 0 radical (unpaired) electrons. The van der Waals surface area contributed by atoms with Crippen LogP contribution in [0.25, 0.3) is 0 Å². The minimum absolute atomic E-state index is 0.102. The molecule has 0 saturated heterocycles. The van der Waals surface area contributed by atoms with Gasteiger partial charge in [0.25, 0.3) is 0 Å². The van der Waals surface area contributed by atoms with Gasteiger partial charge in [0.15, 0.2) is 0 Å². The van der Waals surface area contributed by atoms with Crippen molar-refractivity contribution in [2.24, 2.45) is 6.26 Å². The predicted molar refractivity (Wildman–Crippen MR) is 35.3 cm³/mol. The van der Waals surface area contributed by atoms with Crippen LogP contribution in [0.3, 0.4) is 0 Å². The monoisotopic (exact) mass is 127 g/mol. The fourth-order valence-electron chi connectivity index (χ4n) is 0.553. The summed E-state index contributed by atoms with van der Waals surface area (Å²) in [5.74, 6) is 0. The summed E-state index contributed by atoms with van der Waals surface area (Å²) in [6, 6.07) is 3.78. The Bertz CT molecular complexity index is 190. The molecule has 0 aliphatic carbocycles. The van der Waals surface area contributed by atoms with E-state index in [0.717, 1.165) is 11.2 Å². The fourth-order valence-corrected chi connectivity index (χ4v) is 1.47. The number of carbonyl (C=O) groups is 1. The van der Waals surface area contributed by atoms with Crippen molar-refractivity contribution in [3.8, 4) is 0 Å². The minimum Gasteiger partial charge on any atom is -0.293 e. The molecule has 1 atom stereocenters. The van der Waals surface area contributed by atoms with E-state index in [0.29, 0.717) is 0 Å². The Balaban J connectivity index is 3.09. The van der Waals surface area contributed by atoms with E-state index in [1.807, 2.05) is 23.8 Å². The highest BCUT2D eigenvalue weighted by Crippen LogP contribution is 2.17. The molecule has 1 aromatic heterocycles. The molecule has 0 N–H and O–H groups in total. The summed E-state index contributed by atoms with van der Waals surface area (Å²) in [5.41, 5.74) is 0. The lowest BCUT2D eigenvalue weighted by atomic mass is 10.5. The van der Waals surface area contributed by atoms with E-state index in [4.69, 9.17) is 0 Å². The van der Waals surface area contributed by atoms with Gasteiger partial charge >= 0.3 is 0 Å². The van der Waals surface area contributed by atoms with Gasteiger partial charge in [-0.15, -0.1) is 0 Å². The summed E-state index contributed by atoms with van der Waals surface area (Å²) >= 11 is 0. The Kier molecular flexibility index (Phi) is 1.44. The van der Waals surface area contributed by atoms with Gasteiger partial charge in [-0.05, 0) is 16.5 Å². The zero-order valence-corrected chi connectivity index (χ0v) is 5.44. The molecule has 1 heterocycles. The maximum Gasteiger partial charge on any atom is 0.212 e. The second-order valence-corrected chi connectivity index (χ2v) is 3.43. The summed E-state index contributed by atoms with van der Waals surface area (Å²) < 4.78 is 0. The average Bonchev–Trinajstić information content (AvgIpc) is 2.14. The van der Waals surface area contributed by atoms with E-state index in [1.54, 1.807) is 0 Å². The zero-order chi connectivity index (χ0) is 5.98. The van der Waals surface area contributed by atoms with Gasteiger partial charge in [0.05, 0.1) is 0 Å². The first-order valence-corrected chi connectivity index (χ1v) is 4.02. The molecule has 2 heteroatoms. The number of carbonyl (C=O) groups excluding carboxylic acids is 1. The SMILES string of the molecule is C[s+]1cccc1C=O. The molecule has 0 bridgehead atoms. The smallest absolute Gasteiger partial charge is 0.212 e. The second kappa shape index (κ2) is 2.09. The van der Waals surface area contributed by atoms with E-state index in [9.17, 15) is 4.79 Å². The van der Waals surface area contributed by atoms with Crippen LogP contribution in [0, 0.1) is 0 Å². The lowest BCUT2D eigenvalue weighted by Crippen LogP contribution is -1.67. The molecule has 1 unspecified atom stereocenters.